The highest BCUT2D eigenvalue weighted by Gasteiger charge is 2.26. The van der Waals surface area contributed by atoms with E-state index in [1.54, 1.807) is 0 Å². The molecule has 1 fully saturated rings. The van der Waals surface area contributed by atoms with Gasteiger partial charge in [-0.3, -0.25) is 0 Å². The molecule has 1 rings (SSSR count). The van der Waals surface area contributed by atoms with Crippen LogP contribution in [-0.2, 0) is 0 Å². The van der Waals surface area contributed by atoms with Gasteiger partial charge in [0.1, 0.15) is 5.60 Å². The number of aliphatic hydroxyl groups is 1. The van der Waals surface area contributed by atoms with Crippen molar-refractivity contribution in [1.82, 2.24) is 0 Å². The van der Waals surface area contributed by atoms with E-state index < -0.39 is 5.60 Å². The molecule has 1 N–H and O–H groups in total. The van der Waals surface area contributed by atoms with Gasteiger partial charge in [-0.25, -0.2) is 0 Å². The quantitative estimate of drug-likeness (QED) is 0.444. The lowest BCUT2D eigenvalue weighted by Crippen LogP contribution is -2.48. The third-order valence-electron chi connectivity index (χ3n) is 4.95. The van der Waals surface area contributed by atoms with Gasteiger partial charge in [0.05, 0.1) is 26.2 Å². The lowest BCUT2D eigenvalue weighted by Gasteiger charge is -2.35. The van der Waals surface area contributed by atoms with Crippen LogP contribution in [-0.4, -0.2) is 41.4 Å². The maximum atomic E-state index is 10.3. The Balaban J connectivity index is 2.34. The standard InChI is InChI=1S/C17H32NO/c1-4-18(5-2,6-3)16-12-8-11-15-17(19)13-9-7-10-14-17/h19H,4-10,12-14,16H2,1-3H3/q+1. The molecule has 0 aromatic heterocycles. The van der Waals surface area contributed by atoms with Crippen molar-refractivity contribution in [1.29, 1.82) is 0 Å². The van der Waals surface area contributed by atoms with Crippen LogP contribution in [0.1, 0.15) is 65.7 Å². The first-order chi connectivity index (χ1) is 9.10. The topological polar surface area (TPSA) is 20.2 Å². The number of unbranched alkanes of at least 4 members (excludes halogenated alkanes) is 1. The van der Waals surface area contributed by atoms with Gasteiger partial charge in [0, 0.05) is 12.8 Å². The molecular weight excluding hydrogens is 234 g/mol. The molecule has 0 bridgehead atoms. The Bertz CT molecular complexity index is 295. The number of quaternary nitrogens is 1. The summed E-state index contributed by atoms with van der Waals surface area (Å²) >= 11 is 0. The van der Waals surface area contributed by atoms with Gasteiger partial charge in [-0.05, 0) is 46.5 Å². The van der Waals surface area contributed by atoms with Crippen molar-refractivity contribution in [2.24, 2.45) is 0 Å². The Morgan fingerprint density at radius 1 is 1.00 bits per heavy atom. The van der Waals surface area contributed by atoms with Crippen molar-refractivity contribution in [2.75, 3.05) is 26.2 Å². The molecule has 0 saturated heterocycles. The Kier molecular flexibility index (Phi) is 6.89. The fraction of sp³-hybridized carbons (Fsp3) is 0.882. The minimum atomic E-state index is -0.662. The van der Waals surface area contributed by atoms with Crippen LogP contribution in [0, 0.1) is 11.8 Å². The van der Waals surface area contributed by atoms with Crippen molar-refractivity contribution in [3.05, 3.63) is 0 Å². The summed E-state index contributed by atoms with van der Waals surface area (Å²) in [4.78, 5) is 0. The van der Waals surface area contributed by atoms with E-state index in [0.717, 1.165) is 38.5 Å². The normalized spacial score (nSPS) is 18.7. The SMILES string of the molecule is CC[N+](CC)(CC)CCCC#CC1(O)CCCCC1. The van der Waals surface area contributed by atoms with Crippen LogP contribution >= 0.6 is 0 Å². The second-order valence-electron chi connectivity index (χ2n) is 6.01. The average Bonchev–Trinajstić information content (AvgIpc) is 2.44. The van der Waals surface area contributed by atoms with E-state index >= 15 is 0 Å². The third-order valence-corrected chi connectivity index (χ3v) is 4.95. The summed E-state index contributed by atoms with van der Waals surface area (Å²) in [6, 6.07) is 0. The molecule has 0 aliphatic heterocycles. The summed E-state index contributed by atoms with van der Waals surface area (Å²) in [5, 5.41) is 10.3. The van der Waals surface area contributed by atoms with Gasteiger partial charge in [0.2, 0.25) is 0 Å². The monoisotopic (exact) mass is 266 g/mol. The van der Waals surface area contributed by atoms with Crippen LogP contribution in [0.15, 0.2) is 0 Å². The molecule has 1 saturated carbocycles. The van der Waals surface area contributed by atoms with Gasteiger partial charge in [0.25, 0.3) is 0 Å². The van der Waals surface area contributed by atoms with Gasteiger partial charge in [-0.15, -0.1) is 5.92 Å². The van der Waals surface area contributed by atoms with Crippen molar-refractivity contribution in [3.63, 3.8) is 0 Å². The molecule has 0 heterocycles. The van der Waals surface area contributed by atoms with Crippen LogP contribution in [0.5, 0.6) is 0 Å². The van der Waals surface area contributed by atoms with Crippen molar-refractivity contribution in [2.45, 2.75) is 71.3 Å². The molecule has 2 nitrogen and oxygen atoms in total. The van der Waals surface area contributed by atoms with Crippen LogP contribution in [0.25, 0.3) is 0 Å². The van der Waals surface area contributed by atoms with E-state index in [1.165, 1.54) is 37.1 Å². The first-order valence-corrected chi connectivity index (χ1v) is 8.17. The van der Waals surface area contributed by atoms with E-state index in [4.69, 9.17) is 0 Å². The fourth-order valence-corrected chi connectivity index (χ4v) is 3.14. The van der Waals surface area contributed by atoms with Crippen LogP contribution in [0.4, 0.5) is 0 Å². The van der Waals surface area contributed by atoms with Gasteiger partial charge >= 0.3 is 0 Å². The summed E-state index contributed by atoms with van der Waals surface area (Å²) in [6.07, 6.45) is 7.35. The van der Waals surface area contributed by atoms with E-state index in [-0.39, 0.29) is 0 Å². The van der Waals surface area contributed by atoms with E-state index in [0.29, 0.717) is 0 Å². The number of hydrogen-bond donors (Lipinski definition) is 1. The Morgan fingerprint density at radius 2 is 1.58 bits per heavy atom. The fourth-order valence-electron chi connectivity index (χ4n) is 3.14. The van der Waals surface area contributed by atoms with Crippen molar-refractivity contribution in [3.8, 4) is 11.8 Å². The van der Waals surface area contributed by atoms with E-state index in [2.05, 4.69) is 32.6 Å². The van der Waals surface area contributed by atoms with Gasteiger partial charge < -0.3 is 9.59 Å². The van der Waals surface area contributed by atoms with Gasteiger partial charge in [-0.1, -0.05) is 12.3 Å². The van der Waals surface area contributed by atoms with Gasteiger partial charge in [0.15, 0.2) is 0 Å². The molecule has 0 atom stereocenters. The zero-order valence-corrected chi connectivity index (χ0v) is 13.2. The molecule has 0 spiro atoms. The number of rotatable bonds is 6. The summed E-state index contributed by atoms with van der Waals surface area (Å²) in [5.74, 6) is 6.37. The Labute approximate surface area is 119 Å². The summed E-state index contributed by atoms with van der Waals surface area (Å²) < 4.78 is 1.20. The highest BCUT2D eigenvalue weighted by atomic mass is 16.3. The molecule has 19 heavy (non-hydrogen) atoms. The van der Waals surface area contributed by atoms with E-state index in [1.807, 2.05) is 0 Å². The van der Waals surface area contributed by atoms with Crippen LogP contribution in [0.2, 0.25) is 0 Å². The molecule has 2 heteroatoms. The molecule has 0 radical (unpaired) electrons. The van der Waals surface area contributed by atoms with Crippen molar-refractivity contribution < 1.29 is 9.59 Å². The van der Waals surface area contributed by atoms with E-state index in [9.17, 15) is 5.11 Å². The molecule has 1 aliphatic carbocycles. The summed E-state index contributed by atoms with van der Waals surface area (Å²) in [7, 11) is 0. The zero-order valence-electron chi connectivity index (χ0n) is 13.2. The maximum absolute atomic E-state index is 10.3. The third kappa shape index (κ3) is 5.16. The second kappa shape index (κ2) is 7.92. The Morgan fingerprint density at radius 3 is 2.11 bits per heavy atom. The van der Waals surface area contributed by atoms with Gasteiger partial charge in [-0.2, -0.15) is 0 Å². The highest BCUT2D eigenvalue weighted by molar-refractivity contribution is 5.14. The molecule has 110 valence electrons. The zero-order chi connectivity index (χ0) is 14.2. The number of hydrogen-bond acceptors (Lipinski definition) is 1. The summed E-state index contributed by atoms with van der Waals surface area (Å²) in [6.45, 7) is 11.7. The summed E-state index contributed by atoms with van der Waals surface area (Å²) in [5.41, 5.74) is -0.662. The Hall–Kier alpha value is -0.520. The predicted octanol–water partition coefficient (Wildman–Crippen LogP) is 3.34. The average molecular weight is 266 g/mol. The molecule has 1 aliphatic rings. The molecule has 0 unspecified atom stereocenters. The minimum absolute atomic E-state index is 0.662. The molecular formula is C17H32NO+. The van der Waals surface area contributed by atoms with Crippen molar-refractivity contribution >= 4 is 0 Å². The minimum Gasteiger partial charge on any atom is -0.378 e. The van der Waals surface area contributed by atoms with Crippen LogP contribution < -0.4 is 0 Å². The van der Waals surface area contributed by atoms with Crippen LogP contribution in [0.3, 0.4) is 0 Å². The molecule has 0 aromatic rings. The smallest absolute Gasteiger partial charge is 0.125 e. The predicted molar refractivity (Wildman–Crippen MR) is 81.8 cm³/mol. The first kappa shape index (κ1) is 16.5. The molecule has 0 aromatic carbocycles. The largest absolute Gasteiger partial charge is 0.378 e. The highest BCUT2D eigenvalue weighted by Crippen LogP contribution is 2.27. The lowest BCUT2D eigenvalue weighted by molar-refractivity contribution is -0.923. The molecule has 0 amide bonds. The lowest BCUT2D eigenvalue weighted by atomic mass is 9.85. The second-order valence-corrected chi connectivity index (χ2v) is 6.01. The number of nitrogens with zero attached hydrogens (tertiary/aromatic N) is 1. The maximum Gasteiger partial charge on any atom is 0.125 e. The first-order valence-electron chi connectivity index (χ1n) is 8.17.